The second-order valence-electron chi connectivity index (χ2n) is 8.05. The van der Waals surface area contributed by atoms with Crippen molar-refractivity contribution in [3.05, 3.63) is 36.0 Å². The van der Waals surface area contributed by atoms with Gasteiger partial charge in [0.2, 0.25) is 11.8 Å². The molecule has 1 saturated heterocycles. The van der Waals surface area contributed by atoms with Gasteiger partial charge >= 0.3 is 5.97 Å². The van der Waals surface area contributed by atoms with Crippen molar-refractivity contribution in [3.8, 4) is 0 Å². The molecule has 0 spiro atoms. The minimum atomic E-state index is -0.763. The van der Waals surface area contributed by atoms with Crippen LogP contribution in [0.15, 0.2) is 30.5 Å². The predicted molar refractivity (Wildman–Crippen MR) is 108 cm³/mol. The first kappa shape index (κ1) is 19.5. The highest BCUT2D eigenvalue weighted by Crippen LogP contribution is 2.32. The maximum atomic E-state index is 12.9. The number of amides is 2. The lowest BCUT2D eigenvalue weighted by Crippen LogP contribution is -2.50. The van der Waals surface area contributed by atoms with E-state index in [-0.39, 0.29) is 23.7 Å². The fourth-order valence-corrected chi connectivity index (χ4v) is 4.13. The highest BCUT2D eigenvalue weighted by molar-refractivity contribution is 5.88. The molecule has 2 N–H and O–H groups in total. The Kier molecular flexibility index (Phi) is 5.56. The van der Waals surface area contributed by atoms with Crippen LogP contribution >= 0.6 is 0 Å². The molecule has 1 aromatic carbocycles. The fourth-order valence-electron chi connectivity index (χ4n) is 4.13. The van der Waals surface area contributed by atoms with E-state index < -0.39 is 12.0 Å². The van der Waals surface area contributed by atoms with Crippen LogP contribution in [-0.2, 0) is 25.5 Å². The van der Waals surface area contributed by atoms with Gasteiger partial charge in [-0.15, -0.1) is 0 Å². The average molecular weight is 397 g/mol. The number of likely N-dealkylation sites (tertiary alicyclic amines) is 1. The summed E-state index contributed by atoms with van der Waals surface area (Å²) in [6, 6.07) is 7.08. The standard InChI is InChI=1S/C22H27N3O4/c1-29-22(28)19(11-16-12-23-18-7-3-2-6-17(16)18)24-20(26)15-5-4-10-25(13-15)21(27)14-8-9-14/h2-3,6-7,12,14-15,19,23H,4-5,8-11,13H2,1H3,(H,24,26)/t15?,19-/m1/s1. The van der Waals surface area contributed by atoms with E-state index in [0.29, 0.717) is 13.0 Å². The number of H-pyrrole nitrogens is 1. The second-order valence-corrected chi connectivity index (χ2v) is 8.05. The van der Waals surface area contributed by atoms with Crippen LogP contribution in [0.1, 0.15) is 31.2 Å². The van der Waals surface area contributed by atoms with Crippen molar-refractivity contribution in [1.82, 2.24) is 15.2 Å². The number of methoxy groups -OCH3 is 1. The van der Waals surface area contributed by atoms with Crippen molar-refractivity contribution in [2.24, 2.45) is 11.8 Å². The van der Waals surface area contributed by atoms with Gasteiger partial charge in [0.05, 0.1) is 13.0 Å². The first-order valence-electron chi connectivity index (χ1n) is 10.3. The molecule has 7 heteroatoms. The van der Waals surface area contributed by atoms with Gasteiger partial charge in [0.1, 0.15) is 6.04 Å². The van der Waals surface area contributed by atoms with Crippen LogP contribution in [0, 0.1) is 11.8 Å². The summed E-state index contributed by atoms with van der Waals surface area (Å²) in [5.41, 5.74) is 1.93. The Morgan fingerprint density at radius 2 is 2.00 bits per heavy atom. The van der Waals surface area contributed by atoms with Crippen LogP contribution in [0.4, 0.5) is 0 Å². The SMILES string of the molecule is COC(=O)[C@@H](Cc1c[nH]c2ccccc12)NC(=O)C1CCCN(C(=O)C2CC2)C1. The van der Waals surface area contributed by atoms with Crippen LogP contribution in [-0.4, -0.2) is 53.9 Å². The van der Waals surface area contributed by atoms with E-state index in [1.165, 1.54) is 7.11 Å². The molecule has 2 aliphatic rings. The molecule has 1 saturated carbocycles. The number of nitrogens with one attached hydrogen (secondary N) is 2. The molecular formula is C22H27N3O4. The van der Waals surface area contributed by atoms with Crippen molar-refractivity contribution < 1.29 is 19.1 Å². The van der Waals surface area contributed by atoms with Crippen molar-refractivity contribution in [2.45, 2.75) is 38.1 Å². The van der Waals surface area contributed by atoms with Gasteiger partial charge < -0.3 is 19.9 Å². The van der Waals surface area contributed by atoms with Gasteiger partial charge in [-0.3, -0.25) is 9.59 Å². The Hall–Kier alpha value is -2.83. The molecule has 4 rings (SSSR count). The van der Waals surface area contributed by atoms with Gasteiger partial charge in [0, 0.05) is 42.5 Å². The molecule has 1 aliphatic heterocycles. The number of hydrogen-bond donors (Lipinski definition) is 2. The van der Waals surface area contributed by atoms with Crippen LogP contribution in [0.2, 0.25) is 0 Å². The van der Waals surface area contributed by atoms with Gasteiger partial charge in [-0.25, -0.2) is 4.79 Å². The number of piperidine rings is 1. The average Bonchev–Trinajstić information content (AvgIpc) is 3.53. The highest BCUT2D eigenvalue weighted by Gasteiger charge is 2.37. The van der Waals surface area contributed by atoms with E-state index in [1.807, 2.05) is 35.4 Å². The zero-order valence-corrected chi connectivity index (χ0v) is 16.6. The number of benzene rings is 1. The number of carbonyl (C=O) groups excluding carboxylic acids is 3. The summed E-state index contributed by atoms with van der Waals surface area (Å²) < 4.78 is 4.93. The summed E-state index contributed by atoms with van der Waals surface area (Å²) in [5, 5.41) is 3.90. The molecule has 2 heterocycles. The number of aromatic nitrogens is 1. The van der Waals surface area contributed by atoms with Crippen LogP contribution in [0.25, 0.3) is 10.9 Å². The third-order valence-electron chi connectivity index (χ3n) is 5.93. The number of aromatic amines is 1. The first-order valence-corrected chi connectivity index (χ1v) is 10.3. The number of fused-ring (bicyclic) bond motifs is 1. The van der Waals surface area contributed by atoms with Crippen molar-refractivity contribution in [3.63, 3.8) is 0 Å². The summed E-state index contributed by atoms with van der Waals surface area (Å²) in [4.78, 5) is 42.6. The normalized spacial score (nSPS) is 20.3. The van der Waals surface area contributed by atoms with E-state index in [9.17, 15) is 14.4 Å². The van der Waals surface area contributed by atoms with Crippen LogP contribution in [0.5, 0.6) is 0 Å². The van der Waals surface area contributed by atoms with Gasteiger partial charge in [-0.1, -0.05) is 18.2 Å². The minimum absolute atomic E-state index is 0.154. The molecule has 2 fully saturated rings. The summed E-state index contributed by atoms with van der Waals surface area (Å²) in [6.45, 7) is 1.15. The van der Waals surface area contributed by atoms with Crippen molar-refractivity contribution in [2.75, 3.05) is 20.2 Å². The Labute approximate surface area is 169 Å². The number of nitrogens with zero attached hydrogens (tertiary/aromatic N) is 1. The van der Waals surface area contributed by atoms with E-state index in [2.05, 4.69) is 10.3 Å². The van der Waals surface area contributed by atoms with Gasteiger partial charge in [-0.2, -0.15) is 0 Å². The molecule has 0 bridgehead atoms. The number of ether oxygens (including phenoxy) is 1. The maximum absolute atomic E-state index is 12.9. The van der Waals surface area contributed by atoms with Gasteiger partial charge in [0.25, 0.3) is 0 Å². The number of rotatable bonds is 6. The molecule has 2 aromatic rings. The molecule has 1 aliphatic carbocycles. The monoisotopic (exact) mass is 397 g/mol. The van der Waals surface area contributed by atoms with E-state index in [0.717, 1.165) is 48.7 Å². The zero-order valence-electron chi connectivity index (χ0n) is 16.6. The topological polar surface area (TPSA) is 91.5 Å². The number of carbonyl (C=O) groups is 3. The van der Waals surface area contributed by atoms with Crippen molar-refractivity contribution >= 4 is 28.7 Å². The molecule has 29 heavy (non-hydrogen) atoms. The Balaban J connectivity index is 1.44. The molecular weight excluding hydrogens is 370 g/mol. The van der Waals surface area contributed by atoms with E-state index in [4.69, 9.17) is 4.74 Å². The highest BCUT2D eigenvalue weighted by atomic mass is 16.5. The molecule has 2 amide bonds. The van der Waals surface area contributed by atoms with E-state index in [1.54, 1.807) is 0 Å². The molecule has 0 radical (unpaired) electrons. The molecule has 2 atom stereocenters. The molecule has 1 unspecified atom stereocenters. The Morgan fingerprint density at radius 1 is 1.21 bits per heavy atom. The summed E-state index contributed by atoms with van der Waals surface area (Å²) in [6.07, 6.45) is 5.66. The van der Waals surface area contributed by atoms with Crippen molar-refractivity contribution in [1.29, 1.82) is 0 Å². The second kappa shape index (κ2) is 8.27. The fraction of sp³-hybridized carbons (Fsp3) is 0.500. The largest absolute Gasteiger partial charge is 0.467 e. The minimum Gasteiger partial charge on any atom is -0.467 e. The molecule has 1 aromatic heterocycles. The zero-order chi connectivity index (χ0) is 20.4. The number of esters is 1. The lowest BCUT2D eigenvalue weighted by atomic mass is 9.95. The Bertz CT molecular complexity index is 918. The Morgan fingerprint density at radius 3 is 2.76 bits per heavy atom. The van der Waals surface area contributed by atoms with E-state index >= 15 is 0 Å². The lowest BCUT2D eigenvalue weighted by Gasteiger charge is -2.32. The first-order chi connectivity index (χ1) is 14.1. The quantitative estimate of drug-likeness (QED) is 0.730. The maximum Gasteiger partial charge on any atom is 0.328 e. The lowest BCUT2D eigenvalue weighted by molar-refractivity contribution is -0.146. The van der Waals surface area contributed by atoms with Crippen LogP contribution < -0.4 is 5.32 Å². The van der Waals surface area contributed by atoms with Crippen LogP contribution in [0.3, 0.4) is 0 Å². The third kappa shape index (κ3) is 4.28. The number of hydrogen-bond acceptors (Lipinski definition) is 4. The van der Waals surface area contributed by atoms with Gasteiger partial charge in [0.15, 0.2) is 0 Å². The number of para-hydroxylation sites is 1. The predicted octanol–water partition coefficient (Wildman–Crippen LogP) is 2.02. The van der Waals surface area contributed by atoms with Gasteiger partial charge in [-0.05, 0) is 37.3 Å². The molecule has 154 valence electrons. The smallest absolute Gasteiger partial charge is 0.328 e. The third-order valence-corrected chi connectivity index (χ3v) is 5.93. The summed E-state index contributed by atoms with van der Waals surface area (Å²) in [5.74, 6) is -0.618. The summed E-state index contributed by atoms with van der Waals surface area (Å²) >= 11 is 0. The summed E-state index contributed by atoms with van der Waals surface area (Å²) in [7, 11) is 1.33. The molecule has 7 nitrogen and oxygen atoms in total.